The lowest BCUT2D eigenvalue weighted by molar-refractivity contribution is -0.348. The van der Waals surface area contributed by atoms with Crippen LogP contribution < -0.4 is 0 Å². The Morgan fingerprint density at radius 2 is 1.47 bits per heavy atom. The third-order valence-electron chi connectivity index (χ3n) is 9.57. The number of rotatable bonds is 8. The van der Waals surface area contributed by atoms with Crippen molar-refractivity contribution < 1.29 is 57.5 Å². The zero-order chi connectivity index (χ0) is 34.4. The first kappa shape index (κ1) is 34.0. The van der Waals surface area contributed by atoms with Crippen LogP contribution in [0.15, 0.2) is 54.9 Å². The minimum atomic E-state index is -2.04. The molecule has 3 fully saturated rings. The van der Waals surface area contributed by atoms with E-state index < -0.39 is 89.0 Å². The van der Waals surface area contributed by atoms with E-state index in [2.05, 4.69) is 4.98 Å². The molecule has 3 aliphatic rings. The van der Waals surface area contributed by atoms with Crippen LogP contribution in [0.2, 0.25) is 0 Å². The van der Waals surface area contributed by atoms with E-state index in [0.717, 1.165) is 6.92 Å². The minimum absolute atomic E-state index is 0.0167. The number of aliphatic hydroxyl groups is 1. The SMILES string of the molecule is CC(=O)OC[C@@]12[C@@H](OC(C)=O)CC[C@](C)(O)C13OC(C)(C)C([C@@H](OC(=O)c1ccccc1)[C@H]2OC(=O)c1cccnc1)[C@H]3OC(C)=O. The summed E-state index contributed by atoms with van der Waals surface area (Å²) >= 11 is 0. The van der Waals surface area contributed by atoms with E-state index in [1.54, 1.807) is 32.0 Å². The predicted molar refractivity (Wildman–Crippen MR) is 161 cm³/mol. The van der Waals surface area contributed by atoms with Crippen molar-refractivity contribution in [2.45, 2.75) is 95.6 Å². The smallest absolute Gasteiger partial charge is 0.340 e. The first-order valence-corrected chi connectivity index (χ1v) is 15.3. The van der Waals surface area contributed by atoms with E-state index in [0.29, 0.717) is 0 Å². The summed E-state index contributed by atoms with van der Waals surface area (Å²) in [5.41, 5.74) is -7.05. The summed E-state index contributed by atoms with van der Waals surface area (Å²) in [5.74, 6) is -4.97. The lowest BCUT2D eigenvalue weighted by Gasteiger charge is -2.65. The van der Waals surface area contributed by atoms with Crippen LogP contribution in [0.4, 0.5) is 0 Å². The van der Waals surface area contributed by atoms with Crippen LogP contribution in [-0.4, -0.2) is 87.8 Å². The number of hydrogen-bond acceptors (Lipinski definition) is 13. The Kier molecular flexibility index (Phi) is 8.93. The van der Waals surface area contributed by atoms with E-state index in [9.17, 15) is 29.1 Å². The van der Waals surface area contributed by atoms with Crippen molar-refractivity contribution in [1.29, 1.82) is 0 Å². The largest absolute Gasteiger partial charge is 0.465 e. The van der Waals surface area contributed by atoms with Crippen molar-refractivity contribution >= 4 is 29.8 Å². The number of ether oxygens (including phenoxy) is 6. The highest BCUT2D eigenvalue weighted by atomic mass is 16.6. The van der Waals surface area contributed by atoms with E-state index in [1.165, 1.54) is 57.4 Å². The van der Waals surface area contributed by atoms with E-state index in [4.69, 9.17) is 28.4 Å². The van der Waals surface area contributed by atoms with Gasteiger partial charge in [-0.05, 0) is 57.9 Å². The van der Waals surface area contributed by atoms with Gasteiger partial charge in [-0.15, -0.1) is 0 Å². The second-order valence-corrected chi connectivity index (χ2v) is 13.0. The average molecular weight is 654 g/mol. The summed E-state index contributed by atoms with van der Waals surface area (Å²) in [4.78, 5) is 69.7. The maximum atomic E-state index is 13.9. The molecule has 1 aliphatic heterocycles. The lowest BCUT2D eigenvalue weighted by atomic mass is 9.46. The molecule has 5 rings (SSSR count). The molecular weight excluding hydrogens is 614 g/mol. The Morgan fingerprint density at radius 1 is 0.830 bits per heavy atom. The van der Waals surface area contributed by atoms with E-state index in [1.807, 2.05) is 0 Å². The van der Waals surface area contributed by atoms with Gasteiger partial charge in [-0.3, -0.25) is 19.4 Å². The predicted octanol–water partition coefficient (Wildman–Crippen LogP) is 2.97. The average Bonchev–Trinajstić information content (AvgIpc) is 3.20. The Labute approximate surface area is 271 Å². The quantitative estimate of drug-likeness (QED) is 0.326. The van der Waals surface area contributed by atoms with Crippen molar-refractivity contribution in [3.63, 3.8) is 0 Å². The second-order valence-electron chi connectivity index (χ2n) is 13.0. The van der Waals surface area contributed by atoms with Gasteiger partial charge < -0.3 is 33.5 Å². The van der Waals surface area contributed by atoms with Gasteiger partial charge in [0.25, 0.3) is 0 Å². The molecule has 0 amide bonds. The molecule has 252 valence electrons. The maximum absolute atomic E-state index is 13.9. The number of pyridine rings is 1. The molecular formula is C34H39NO12. The molecule has 1 aromatic carbocycles. The summed E-state index contributed by atoms with van der Waals surface area (Å²) in [7, 11) is 0. The zero-order valence-electron chi connectivity index (χ0n) is 27.1. The van der Waals surface area contributed by atoms with Crippen LogP contribution in [-0.2, 0) is 42.8 Å². The Bertz CT molecular complexity index is 1540. The molecule has 1 N–H and O–H groups in total. The molecule has 13 nitrogen and oxygen atoms in total. The van der Waals surface area contributed by atoms with Gasteiger partial charge in [0.2, 0.25) is 0 Å². The summed E-state index contributed by atoms with van der Waals surface area (Å²) < 4.78 is 37.0. The number of hydrogen-bond donors (Lipinski definition) is 1. The number of carbonyl (C=O) groups is 5. The monoisotopic (exact) mass is 653 g/mol. The van der Waals surface area contributed by atoms with Gasteiger partial charge in [-0.1, -0.05) is 18.2 Å². The molecule has 2 unspecified atom stereocenters. The summed E-state index contributed by atoms with van der Waals surface area (Å²) in [6, 6.07) is 11.1. The van der Waals surface area contributed by atoms with Gasteiger partial charge in [0.1, 0.15) is 30.3 Å². The first-order valence-electron chi connectivity index (χ1n) is 15.3. The first-order chi connectivity index (χ1) is 22.1. The van der Waals surface area contributed by atoms with Crippen LogP contribution in [0.25, 0.3) is 0 Å². The van der Waals surface area contributed by atoms with Gasteiger partial charge >= 0.3 is 29.8 Å². The van der Waals surface area contributed by atoms with Crippen molar-refractivity contribution in [1.82, 2.24) is 4.98 Å². The fourth-order valence-electron chi connectivity index (χ4n) is 7.92. The van der Waals surface area contributed by atoms with Crippen molar-refractivity contribution in [2.75, 3.05) is 6.61 Å². The molecule has 2 heterocycles. The fraction of sp³-hybridized carbons (Fsp3) is 0.529. The van der Waals surface area contributed by atoms with E-state index >= 15 is 0 Å². The van der Waals surface area contributed by atoms with Gasteiger partial charge in [0.15, 0.2) is 11.7 Å². The van der Waals surface area contributed by atoms with E-state index in [-0.39, 0.29) is 24.0 Å². The standard InChI is InChI=1S/C34H39NO12/c1-19(36)42-18-33-24(43-20(2)37)14-15-32(6,41)34(33)27(44-21(3)38)25(31(4,5)47-34)26(45-29(39)22-11-8-7-9-12-22)28(33)46-30(40)23-13-10-16-35-17-23/h7-13,16-17,24-28,41H,14-15,18H2,1-6H3/t24-,25?,26+,27+,28+,32-,33-,34?/m0/s1. The van der Waals surface area contributed by atoms with Crippen LogP contribution >= 0.6 is 0 Å². The van der Waals surface area contributed by atoms with Crippen molar-refractivity contribution in [3.05, 3.63) is 66.0 Å². The molecule has 13 heteroatoms. The molecule has 0 radical (unpaired) electrons. The highest BCUT2D eigenvalue weighted by Crippen LogP contribution is 2.69. The molecule has 1 saturated heterocycles. The molecule has 2 bridgehead atoms. The molecule has 8 atom stereocenters. The number of benzene rings is 1. The molecule has 2 aliphatic carbocycles. The third-order valence-corrected chi connectivity index (χ3v) is 9.57. The molecule has 1 spiro atoms. The lowest BCUT2D eigenvalue weighted by Crippen LogP contribution is -2.83. The number of nitrogens with zero attached hydrogens (tertiary/aromatic N) is 1. The molecule has 47 heavy (non-hydrogen) atoms. The van der Waals surface area contributed by atoms with Crippen LogP contribution in [0, 0.1) is 11.3 Å². The third kappa shape index (κ3) is 5.65. The number of aromatic nitrogens is 1. The Balaban J connectivity index is 1.84. The van der Waals surface area contributed by atoms with Gasteiger partial charge in [0, 0.05) is 33.2 Å². The molecule has 2 aromatic rings. The molecule has 1 aromatic heterocycles. The minimum Gasteiger partial charge on any atom is -0.465 e. The topological polar surface area (TPSA) is 174 Å². The highest BCUT2D eigenvalue weighted by molar-refractivity contribution is 5.90. The Morgan fingerprint density at radius 3 is 2.06 bits per heavy atom. The Hall–Kier alpha value is -4.36. The summed E-state index contributed by atoms with van der Waals surface area (Å²) in [5, 5.41) is 12.4. The normalized spacial score (nSPS) is 33.5. The van der Waals surface area contributed by atoms with Crippen LogP contribution in [0.5, 0.6) is 0 Å². The number of fused-ring (bicyclic) bond motifs is 1. The van der Waals surface area contributed by atoms with Gasteiger partial charge in [-0.25, -0.2) is 9.59 Å². The number of carbonyl (C=O) groups excluding carboxylic acids is 5. The maximum Gasteiger partial charge on any atom is 0.340 e. The van der Waals surface area contributed by atoms with Crippen molar-refractivity contribution in [3.8, 4) is 0 Å². The fourth-order valence-corrected chi connectivity index (χ4v) is 7.92. The van der Waals surface area contributed by atoms with Gasteiger partial charge in [0.05, 0.1) is 28.2 Å². The summed E-state index contributed by atoms with van der Waals surface area (Å²) in [6.45, 7) is 7.67. The second kappa shape index (κ2) is 12.3. The van der Waals surface area contributed by atoms with Gasteiger partial charge in [-0.2, -0.15) is 0 Å². The summed E-state index contributed by atoms with van der Waals surface area (Å²) in [6.07, 6.45) is -2.99. The number of esters is 5. The van der Waals surface area contributed by atoms with Crippen LogP contribution in [0.1, 0.15) is 75.1 Å². The van der Waals surface area contributed by atoms with Crippen LogP contribution in [0.3, 0.4) is 0 Å². The molecule has 2 saturated carbocycles. The van der Waals surface area contributed by atoms with Crippen molar-refractivity contribution in [2.24, 2.45) is 11.3 Å². The highest BCUT2D eigenvalue weighted by Gasteiger charge is 2.87. The zero-order valence-corrected chi connectivity index (χ0v) is 27.1.